The number of hydrogen-bond acceptors (Lipinski definition) is 3. The Balaban J connectivity index is 0.000001000. The van der Waals surface area contributed by atoms with Crippen LogP contribution in [-0.4, -0.2) is 4.98 Å². The van der Waals surface area contributed by atoms with E-state index < -0.39 is 5.82 Å². The number of rotatable bonds is 1. The quantitative estimate of drug-likeness (QED) is 0.532. The second-order valence-corrected chi connectivity index (χ2v) is 2.04. The molecule has 0 saturated carbocycles. The van der Waals surface area contributed by atoms with E-state index in [1.807, 2.05) is 0 Å². The Morgan fingerprint density at radius 3 is 2.73 bits per heavy atom. The zero-order valence-electron chi connectivity index (χ0n) is 5.34. The third-order valence-electron chi connectivity index (χ3n) is 0.945. The average molecular weight is 198 g/mol. The Morgan fingerprint density at radius 1 is 1.64 bits per heavy atom. The molecule has 0 radical (unpaired) electrons. The van der Waals surface area contributed by atoms with Crippen molar-refractivity contribution in [1.82, 2.24) is 4.98 Å². The van der Waals surface area contributed by atoms with E-state index in [4.69, 9.17) is 17.4 Å². The second-order valence-electron chi connectivity index (χ2n) is 1.63. The topological polar surface area (TPSA) is 50.9 Å². The molecule has 0 aromatic carbocycles. The summed E-state index contributed by atoms with van der Waals surface area (Å²) in [6.45, 7) is 0. The SMILES string of the molecule is Cl.NNc1ncc(F)cc1Cl. The highest BCUT2D eigenvalue weighted by molar-refractivity contribution is 6.32. The molecular formula is C5H6Cl2FN3. The van der Waals surface area contributed by atoms with Crippen molar-refractivity contribution in [2.75, 3.05) is 5.43 Å². The zero-order valence-corrected chi connectivity index (χ0v) is 6.92. The molecule has 0 aliphatic carbocycles. The fraction of sp³-hybridized carbons (Fsp3) is 0. The molecule has 0 fully saturated rings. The number of hydrogen-bond donors (Lipinski definition) is 2. The summed E-state index contributed by atoms with van der Waals surface area (Å²) < 4.78 is 12.3. The zero-order chi connectivity index (χ0) is 7.56. The molecule has 1 rings (SSSR count). The minimum Gasteiger partial charge on any atom is -0.307 e. The van der Waals surface area contributed by atoms with Crippen LogP contribution < -0.4 is 11.3 Å². The summed E-state index contributed by atoms with van der Waals surface area (Å²) in [5.74, 6) is 4.77. The Bertz CT molecular complexity index is 243. The van der Waals surface area contributed by atoms with Gasteiger partial charge in [0.15, 0.2) is 5.82 Å². The highest BCUT2D eigenvalue weighted by Crippen LogP contribution is 2.17. The number of halogens is 3. The Kier molecular flexibility index (Phi) is 4.10. The summed E-state index contributed by atoms with van der Waals surface area (Å²) in [6.07, 6.45) is 1.03. The van der Waals surface area contributed by atoms with E-state index in [0.717, 1.165) is 12.3 Å². The standard InChI is InChI=1S/C5H5ClFN3.ClH/c6-4-1-3(7)2-9-5(4)10-8;/h1-2H,8H2,(H,9,10);1H. The van der Waals surface area contributed by atoms with Crippen LogP contribution in [0.25, 0.3) is 0 Å². The molecule has 0 saturated heterocycles. The highest BCUT2D eigenvalue weighted by atomic mass is 35.5. The molecule has 0 spiro atoms. The smallest absolute Gasteiger partial charge is 0.159 e. The van der Waals surface area contributed by atoms with E-state index >= 15 is 0 Å². The number of hydrazine groups is 1. The van der Waals surface area contributed by atoms with Crippen LogP contribution in [0.2, 0.25) is 5.02 Å². The first kappa shape index (κ1) is 10.4. The monoisotopic (exact) mass is 197 g/mol. The fourth-order valence-corrected chi connectivity index (χ4v) is 0.728. The van der Waals surface area contributed by atoms with Crippen molar-refractivity contribution >= 4 is 29.8 Å². The van der Waals surface area contributed by atoms with Gasteiger partial charge in [0.25, 0.3) is 0 Å². The molecule has 0 unspecified atom stereocenters. The molecule has 0 aliphatic heterocycles. The number of pyridine rings is 1. The number of anilines is 1. The van der Waals surface area contributed by atoms with E-state index in [-0.39, 0.29) is 23.2 Å². The first-order valence-electron chi connectivity index (χ1n) is 2.51. The highest BCUT2D eigenvalue weighted by Gasteiger charge is 1.99. The van der Waals surface area contributed by atoms with Gasteiger partial charge in [0.05, 0.1) is 11.2 Å². The van der Waals surface area contributed by atoms with Crippen LogP contribution in [0.3, 0.4) is 0 Å². The van der Waals surface area contributed by atoms with Gasteiger partial charge in [-0.1, -0.05) is 11.6 Å². The Labute approximate surface area is 74.1 Å². The molecule has 0 aliphatic rings. The first-order valence-corrected chi connectivity index (χ1v) is 2.89. The molecule has 0 bridgehead atoms. The molecule has 62 valence electrons. The molecule has 6 heteroatoms. The summed E-state index contributed by atoms with van der Waals surface area (Å²) in [4.78, 5) is 3.55. The van der Waals surface area contributed by atoms with E-state index in [2.05, 4.69) is 10.4 Å². The molecule has 3 nitrogen and oxygen atoms in total. The van der Waals surface area contributed by atoms with E-state index in [0.29, 0.717) is 0 Å². The van der Waals surface area contributed by atoms with Crippen molar-refractivity contribution in [3.63, 3.8) is 0 Å². The van der Waals surface area contributed by atoms with Gasteiger partial charge in [0, 0.05) is 0 Å². The maximum absolute atomic E-state index is 12.3. The van der Waals surface area contributed by atoms with Crippen molar-refractivity contribution in [3.8, 4) is 0 Å². The molecule has 0 amide bonds. The lowest BCUT2D eigenvalue weighted by atomic mass is 10.4. The number of nitrogens with two attached hydrogens (primary N) is 1. The molecular weight excluding hydrogens is 192 g/mol. The predicted octanol–water partition coefficient (Wildman–Crippen LogP) is 1.58. The largest absolute Gasteiger partial charge is 0.307 e. The molecule has 1 aromatic heterocycles. The lowest BCUT2D eigenvalue weighted by Gasteiger charge is -1.99. The van der Waals surface area contributed by atoms with Gasteiger partial charge >= 0.3 is 0 Å². The normalized spacial score (nSPS) is 8.64. The van der Waals surface area contributed by atoms with Crippen molar-refractivity contribution < 1.29 is 4.39 Å². The molecule has 0 atom stereocenters. The second kappa shape index (κ2) is 4.33. The Morgan fingerprint density at radius 2 is 2.27 bits per heavy atom. The summed E-state index contributed by atoms with van der Waals surface area (Å²) >= 11 is 5.48. The number of nitrogens with zero attached hydrogens (tertiary/aromatic N) is 1. The van der Waals surface area contributed by atoms with Crippen molar-refractivity contribution in [1.29, 1.82) is 0 Å². The van der Waals surface area contributed by atoms with Crippen molar-refractivity contribution in [3.05, 3.63) is 23.1 Å². The van der Waals surface area contributed by atoms with E-state index in [1.54, 1.807) is 0 Å². The molecule has 1 aromatic rings. The van der Waals surface area contributed by atoms with Gasteiger partial charge in [-0.05, 0) is 6.07 Å². The van der Waals surface area contributed by atoms with Gasteiger partial charge in [-0.2, -0.15) is 0 Å². The van der Waals surface area contributed by atoms with Crippen LogP contribution in [0, 0.1) is 5.82 Å². The minimum absolute atomic E-state index is 0. The van der Waals surface area contributed by atoms with Gasteiger partial charge in [-0.15, -0.1) is 12.4 Å². The number of aromatic nitrogens is 1. The Hall–Kier alpha value is -0.580. The number of nitrogens with one attached hydrogen (secondary N) is 1. The van der Waals surface area contributed by atoms with Gasteiger partial charge < -0.3 is 5.43 Å². The lowest BCUT2D eigenvalue weighted by Crippen LogP contribution is -2.08. The van der Waals surface area contributed by atoms with E-state index in [1.165, 1.54) is 0 Å². The van der Waals surface area contributed by atoms with Crippen LogP contribution in [-0.2, 0) is 0 Å². The first-order chi connectivity index (χ1) is 4.74. The number of nitrogen functional groups attached to an aromatic ring is 1. The summed E-state index contributed by atoms with van der Waals surface area (Å²) in [5.41, 5.74) is 2.21. The van der Waals surface area contributed by atoms with Crippen LogP contribution in [0.15, 0.2) is 12.3 Å². The maximum Gasteiger partial charge on any atom is 0.159 e. The average Bonchev–Trinajstić information content (AvgIpc) is 1.88. The lowest BCUT2D eigenvalue weighted by molar-refractivity contribution is 0.622. The summed E-state index contributed by atoms with van der Waals surface area (Å²) in [7, 11) is 0. The van der Waals surface area contributed by atoms with Gasteiger partial charge in [-0.25, -0.2) is 15.2 Å². The van der Waals surface area contributed by atoms with Crippen molar-refractivity contribution in [2.24, 2.45) is 5.84 Å². The van der Waals surface area contributed by atoms with Crippen LogP contribution in [0.5, 0.6) is 0 Å². The maximum atomic E-state index is 12.3. The van der Waals surface area contributed by atoms with Crippen LogP contribution >= 0.6 is 24.0 Å². The predicted molar refractivity (Wildman–Crippen MR) is 44.3 cm³/mol. The third kappa shape index (κ3) is 2.49. The van der Waals surface area contributed by atoms with Gasteiger partial charge in [0.1, 0.15) is 5.82 Å². The molecule has 1 heterocycles. The van der Waals surface area contributed by atoms with Crippen LogP contribution in [0.4, 0.5) is 10.2 Å². The minimum atomic E-state index is -0.482. The van der Waals surface area contributed by atoms with E-state index in [9.17, 15) is 4.39 Å². The third-order valence-corrected chi connectivity index (χ3v) is 1.23. The molecule has 11 heavy (non-hydrogen) atoms. The fourth-order valence-electron chi connectivity index (χ4n) is 0.521. The summed E-state index contributed by atoms with van der Waals surface area (Å²) in [5, 5.41) is 0.169. The van der Waals surface area contributed by atoms with Crippen molar-refractivity contribution in [2.45, 2.75) is 0 Å². The molecule has 3 N–H and O–H groups in total. The van der Waals surface area contributed by atoms with Crippen LogP contribution in [0.1, 0.15) is 0 Å². The van der Waals surface area contributed by atoms with Gasteiger partial charge in [-0.3, -0.25) is 0 Å². The van der Waals surface area contributed by atoms with Gasteiger partial charge in [0.2, 0.25) is 0 Å². The summed E-state index contributed by atoms with van der Waals surface area (Å²) in [6, 6.07) is 1.13.